The van der Waals surface area contributed by atoms with E-state index < -0.39 is 35.4 Å². The number of carbonyl (C=O) groups excluding carboxylic acids is 2. The van der Waals surface area contributed by atoms with Crippen LogP contribution in [0.3, 0.4) is 0 Å². The molecule has 7 aromatic rings. The number of fused-ring (bicyclic) bond motifs is 1. The lowest BCUT2D eigenvalue weighted by Gasteiger charge is -2.28. The number of anilines is 3. The summed E-state index contributed by atoms with van der Waals surface area (Å²) in [5, 5.41) is 17.2. The first-order valence-corrected chi connectivity index (χ1v) is 21.9. The number of hydrogen-bond acceptors (Lipinski definition) is 18. The fraction of sp³-hybridized carbons (Fsp3) is 0.186. The number of aromatic nitrogens is 8. The molecule has 2 amide bonds. The summed E-state index contributed by atoms with van der Waals surface area (Å²) < 4.78 is 64.9. The first kappa shape index (κ1) is 45.3. The largest absolute Gasteiger partial charge is 0.497 e. The molecule has 22 nitrogen and oxygen atoms in total. The van der Waals surface area contributed by atoms with Crippen LogP contribution in [0.25, 0.3) is 22.9 Å². The van der Waals surface area contributed by atoms with Gasteiger partial charge in [0.15, 0.2) is 29.0 Å². The van der Waals surface area contributed by atoms with Crippen molar-refractivity contribution < 1.29 is 51.3 Å². The molecule has 1 aliphatic heterocycles. The molecule has 24 heteroatoms. The van der Waals surface area contributed by atoms with Gasteiger partial charge >= 0.3 is 12.2 Å². The summed E-state index contributed by atoms with van der Waals surface area (Å²) in [6.45, 7) is 2.68. The third kappa shape index (κ3) is 10.6. The van der Waals surface area contributed by atoms with E-state index >= 15 is 0 Å². The predicted molar refractivity (Wildman–Crippen MR) is 239 cm³/mol. The van der Waals surface area contributed by atoms with Crippen molar-refractivity contribution in [3.8, 4) is 57.5 Å². The van der Waals surface area contributed by atoms with E-state index in [1.54, 1.807) is 60.7 Å². The zero-order valence-corrected chi connectivity index (χ0v) is 37.2. The van der Waals surface area contributed by atoms with Gasteiger partial charge in [-0.25, -0.2) is 32.3 Å². The van der Waals surface area contributed by atoms with Crippen LogP contribution in [0.4, 0.5) is 26.9 Å². The molecule has 0 bridgehead atoms. The van der Waals surface area contributed by atoms with Crippen LogP contribution in [0, 0.1) is 5.92 Å². The van der Waals surface area contributed by atoms with Crippen LogP contribution in [-0.2, 0) is 19.6 Å². The summed E-state index contributed by atoms with van der Waals surface area (Å²) in [6, 6.07) is 24.8. The third-order valence-electron chi connectivity index (χ3n) is 9.22. The first-order valence-electron chi connectivity index (χ1n) is 20.1. The molecule has 0 unspecified atom stereocenters. The molecule has 3 aromatic carbocycles. The summed E-state index contributed by atoms with van der Waals surface area (Å²) in [5.41, 5.74) is 0.909. The molecule has 0 saturated carbocycles. The monoisotopic (exact) mass is 951 g/mol. The second-order valence-corrected chi connectivity index (χ2v) is 16.6. The molecular formula is C43H38ClN11O11S. The molecule has 0 fully saturated rings. The summed E-state index contributed by atoms with van der Waals surface area (Å²) in [7, 11) is -2.93. The van der Waals surface area contributed by atoms with E-state index in [1.807, 2.05) is 13.8 Å². The zero-order valence-electron chi connectivity index (χ0n) is 35.6. The van der Waals surface area contributed by atoms with Crippen molar-refractivity contribution in [2.75, 3.05) is 48.3 Å². The summed E-state index contributed by atoms with van der Waals surface area (Å²) in [4.78, 5) is 50.1. The number of hydrogen-bond donors (Lipinski definition) is 2. The molecule has 0 radical (unpaired) electrons. The van der Waals surface area contributed by atoms with Crippen LogP contribution in [0.2, 0.25) is 5.02 Å². The average Bonchev–Trinajstić information content (AvgIpc) is 4.06. The quantitative estimate of drug-likeness (QED) is 0.0709. The van der Waals surface area contributed by atoms with E-state index in [9.17, 15) is 18.0 Å². The molecule has 5 heterocycles. The third-order valence-corrected chi connectivity index (χ3v) is 11.3. The minimum absolute atomic E-state index is 0.0255. The highest BCUT2D eigenvalue weighted by molar-refractivity contribution is 7.92. The van der Waals surface area contributed by atoms with Gasteiger partial charge in [0, 0.05) is 42.3 Å². The van der Waals surface area contributed by atoms with Crippen LogP contribution < -0.4 is 38.4 Å². The van der Waals surface area contributed by atoms with Crippen molar-refractivity contribution in [3.05, 3.63) is 114 Å². The maximum absolute atomic E-state index is 14.7. The second-order valence-electron chi connectivity index (χ2n) is 14.3. The number of amides is 2. The number of nitrogens with zero attached hydrogens (tertiary/aromatic N) is 9. The van der Waals surface area contributed by atoms with E-state index in [4.69, 9.17) is 54.8 Å². The number of H-pyrrole nitrogens is 1. The Kier molecular flexibility index (Phi) is 13.7. The van der Waals surface area contributed by atoms with Crippen LogP contribution in [0.15, 0.2) is 114 Å². The molecule has 0 spiro atoms. The highest BCUT2D eigenvalue weighted by Crippen LogP contribution is 2.44. The Bertz CT molecular complexity index is 2980. The number of halogens is 1. The number of hydroxylamine groups is 1. The smallest absolute Gasteiger partial charge is 0.449 e. The molecule has 0 saturated heterocycles. The predicted octanol–water partition coefficient (Wildman–Crippen LogP) is 7.33. The number of ether oxygens (including phenoxy) is 6. The first-order chi connectivity index (χ1) is 32.5. The van der Waals surface area contributed by atoms with Gasteiger partial charge in [0.2, 0.25) is 18.4 Å². The van der Waals surface area contributed by atoms with Gasteiger partial charge in [-0.15, -0.1) is 10.2 Å². The van der Waals surface area contributed by atoms with Gasteiger partial charge in [-0.1, -0.05) is 54.8 Å². The normalized spacial score (nSPS) is 11.7. The SMILES string of the molecule is COc1ccc(Cl)c(Oc2c(OCCOC(=O)N(OC(=O)Nc3ccc4c(c3)OCO4)c3ccccn3)nc(-c3ccnc(-c4nn[nH]n4)c3)nc2N(CC(C)C)S(=O)(=O)c2ccccc2)c1. The van der Waals surface area contributed by atoms with Crippen molar-refractivity contribution in [2.45, 2.75) is 18.7 Å². The second kappa shape index (κ2) is 20.2. The number of tetrazole rings is 1. The molecule has 2 N–H and O–H groups in total. The van der Waals surface area contributed by atoms with Gasteiger partial charge in [-0.3, -0.25) is 10.3 Å². The van der Waals surface area contributed by atoms with Crippen molar-refractivity contribution in [1.29, 1.82) is 0 Å². The van der Waals surface area contributed by atoms with Crippen LogP contribution >= 0.6 is 11.6 Å². The summed E-state index contributed by atoms with van der Waals surface area (Å²) >= 11 is 6.66. The van der Waals surface area contributed by atoms with Crippen molar-refractivity contribution in [1.82, 2.24) is 40.6 Å². The van der Waals surface area contributed by atoms with Crippen LogP contribution in [0.1, 0.15) is 13.8 Å². The maximum atomic E-state index is 14.7. The van der Waals surface area contributed by atoms with E-state index in [1.165, 1.54) is 55.9 Å². The number of nitrogens with one attached hydrogen (secondary N) is 2. The molecule has 344 valence electrons. The van der Waals surface area contributed by atoms with Gasteiger partial charge in [0.1, 0.15) is 30.4 Å². The number of carbonyl (C=O) groups is 2. The van der Waals surface area contributed by atoms with Crippen LogP contribution in [0.5, 0.6) is 34.6 Å². The molecule has 1 aliphatic rings. The minimum Gasteiger partial charge on any atom is -0.497 e. The fourth-order valence-electron chi connectivity index (χ4n) is 6.19. The number of pyridine rings is 2. The molecule has 67 heavy (non-hydrogen) atoms. The Morgan fingerprint density at radius 3 is 2.48 bits per heavy atom. The number of sulfonamides is 1. The van der Waals surface area contributed by atoms with Crippen molar-refractivity contribution >= 4 is 51.1 Å². The number of methoxy groups -OCH3 is 1. The number of benzene rings is 3. The summed E-state index contributed by atoms with van der Waals surface area (Å²) in [5.74, 6) is 0.234. The van der Waals surface area contributed by atoms with Gasteiger partial charge in [-0.2, -0.15) is 10.2 Å². The summed E-state index contributed by atoms with van der Waals surface area (Å²) in [6.07, 6.45) is 0.621. The lowest BCUT2D eigenvalue weighted by molar-refractivity contribution is 0.0914. The van der Waals surface area contributed by atoms with E-state index in [0.717, 1.165) is 4.31 Å². The minimum atomic E-state index is -4.39. The van der Waals surface area contributed by atoms with E-state index in [0.29, 0.717) is 27.9 Å². The Labute approximate surface area is 386 Å². The highest BCUT2D eigenvalue weighted by Gasteiger charge is 2.34. The Morgan fingerprint density at radius 1 is 0.896 bits per heavy atom. The van der Waals surface area contributed by atoms with Gasteiger partial charge in [0.25, 0.3) is 15.9 Å². The van der Waals surface area contributed by atoms with Crippen LogP contribution in [-0.4, -0.2) is 94.8 Å². The number of aromatic amines is 1. The maximum Gasteiger partial charge on any atom is 0.449 e. The van der Waals surface area contributed by atoms with Crippen molar-refractivity contribution in [2.24, 2.45) is 5.92 Å². The molecule has 0 atom stereocenters. The van der Waals surface area contributed by atoms with Crippen molar-refractivity contribution in [3.63, 3.8) is 0 Å². The lowest BCUT2D eigenvalue weighted by Crippen LogP contribution is -2.37. The van der Waals surface area contributed by atoms with Gasteiger partial charge in [0.05, 0.1) is 17.0 Å². The zero-order chi connectivity index (χ0) is 46.9. The lowest BCUT2D eigenvalue weighted by atomic mass is 10.2. The Morgan fingerprint density at radius 2 is 1.72 bits per heavy atom. The average molecular weight is 952 g/mol. The standard InChI is InChI=1S/C43H38ClN11O11S/c1-26(2)24-54(67(58,59)30-9-5-4-6-10-30)40-37(65-34-23-29(60-3)13-14-31(34)44)41(49-38(48-40)27-16-18-45-32(21-27)39-50-52-53-51-39)61-19-20-62-43(57)55(36-11-7-8-17-46-36)66-42(56)47-28-12-15-33-35(22-28)64-25-63-33/h4-18,21-23,26H,19-20,24-25H2,1-3H3,(H,47,56)(H,50,51,52,53). The topological polar surface area (TPSA) is 257 Å². The molecule has 0 aliphatic carbocycles. The van der Waals surface area contributed by atoms with Gasteiger partial charge < -0.3 is 33.3 Å². The van der Waals surface area contributed by atoms with E-state index in [2.05, 4.69) is 35.9 Å². The fourth-order valence-corrected chi connectivity index (χ4v) is 7.95. The van der Waals surface area contributed by atoms with Gasteiger partial charge in [-0.05, 0) is 71.8 Å². The highest BCUT2D eigenvalue weighted by atomic mass is 35.5. The Hall–Kier alpha value is -8.31. The Balaban J connectivity index is 1.15. The molecular weight excluding hydrogens is 914 g/mol. The molecule has 8 rings (SSSR count). The number of rotatable bonds is 16. The molecule has 4 aromatic heterocycles. The van der Waals surface area contributed by atoms with E-state index in [-0.39, 0.29) is 81.2 Å².